The van der Waals surface area contributed by atoms with Gasteiger partial charge in [0.2, 0.25) is 5.91 Å². The summed E-state index contributed by atoms with van der Waals surface area (Å²) in [6, 6.07) is 3.37. The molecule has 0 spiro atoms. The second kappa shape index (κ2) is 6.77. The Morgan fingerprint density at radius 3 is 2.39 bits per heavy atom. The molecule has 1 atom stereocenters. The van der Waals surface area contributed by atoms with E-state index in [4.69, 9.17) is 0 Å². The van der Waals surface area contributed by atoms with Crippen molar-refractivity contribution < 1.29 is 24.3 Å². The van der Waals surface area contributed by atoms with Gasteiger partial charge in [-0.05, 0) is 17.7 Å². The maximum atomic E-state index is 12.0. The molecule has 1 aliphatic rings. The molecule has 5 amide bonds. The maximum absolute atomic E-state index is 12.0. The van der Waals surface area contributed by atoms with Gasteiger partial charge < -0.3 is 21.1 Å². The Balaban J connectivity index is 2.11. The Morgan fingerprint density at radius 2 is 1.91 bits per heavy atom. The van der Waals surface area contributed by atoms with E-state index >= 15 is 0 Å². The van der Waals surface area contributed by atoms with Gasteiger partial charge in [-0.25, -0.2) is 19.3 Å². The van der Waals surface area contributed by atoms with Crippen LogP contribution in [0.4, 0.5) is 15.3 Å². The fraction of sp³-hybridized carbons (Fsp3) is 0.286. The smallest absolute Gasteiger partial charge is 0.330 e. The number of hydrogen-bond donors (Lipinski definition) is 4. The van der Waals surface area contributed by atoms with Crippen LogP contribution < -0.4 is 16.0 Å². The number of benzene rings is 1. The Kier molecular flexibility index (Phi) is 4.79. The van der Waals surface area contributed by atoms with Crippen LogP contribution in [-0.4, -0.2) is 47.0 Å². The third kappa shape index (κ3) is 3.96. The van der Waals surface area contributed by atoms with E-state index < -0.39 is 24.1 Å². The highest BCUT2D eigenvalue weighted by molar-refractivity contribution is 5.96. The SMILES string of the molecule is CC(=O)Nc1ccc(C(NC(=O)N2CCNC2=O)C(=O)O)cc1. The zero-order valence-corrected chi connectivity index (χ0v) is 12.3. The Morgan fingerprint density at radius 1 is 1.26 bits per heavy atom. The number of nitrogens with zero attached hydrogens (tertiary/aromatic N) is 1. The highest BCUT2D eigenvalue weighted by Crippen LogP contribution is 2.17. The van der Waals surface area contributed by atoms with Crippen LogP contribution in [0.25, 0.3) is 0 Å². The van der Waals surface area contributed by atoms with Crippen molar-refractivity contribution in [1.82, 2.24) is 15.5 Å². The van der Waals surface area contributed by atoms with Crippen molar-refractivity contribution in [1.29, 1.82) is 0 Å². The number of carboxylic acids is 1. The van der Waals surface area contributed by atoms with Crippen molar-refractivity contribution in [2.24, 2.45) is 0 Å². The van der Waals surface area contributed by atoms with E-state index in [1.54, 1.807) is 0 Å². The van der Waals surface area contributed by atoms with Gasteiger partial charge in [-0.3, -0.25) is 4.79 Å². The molecule has 122 valence electrons. The van der Waals surface area contributed by atoms with Gasteiger partial charge in [0.25, 0.3) is 0 Å². The molecule has 9 nitrogen and oxygen atoms in total. The summed E-state index contributed by atoms with van der Waals surface area (Å²) in [7, 11) is 0. The molecule has 1 saturated heterocycles. The lowest BCUT2D eigenvalue weighted by atomic mass is 10.1. The zero-order chi connectivity index (χ0) is 17.0. The quantitative estimate of drug-likeness (QED) is 0.642. The molecule has 0 aliphatic carbocycles. The normalized spacial score (nSPS) is 14.8. The number of imide groups is 1. The first-order valence-corrected chi connectivity index (χ1v) is 6.84. The monoisotopic (exact) mass is 320 g/mol. The van der Waals surface area contributed by atoms with E-state index in [0.29, 0.717) is 17.8 Å². The molecule has 1 unspecified atom stereocenters. The van der Waals surface area contributed by atoms with Crippen LogP contribution in [0.3, 0.4) is 0 Å². The van der Waals surface area contributed by atoms with Crippen molar-refractivity contribution in [2.75, 3.05) is 18.4 Å². The van der Waals surface area contributed by atoms with Crippen LogP contribution in [0, 0.1) is 0 Å². The van der Waals surface area contributed by atoms with E-state index in [0.717, 1.165) is 4.90 Å². The molecule has 2 rings (SSSR count). The molecule has 0 saturated carbocycles. The number of aliphatic carboxylic acids is 1. The Hall–Kier alpha value is -3.10. The first-order valence-electron chi connectivity index (χ1n) is 6.84. The molecule has 0 bridgehead atoms. The number of rotatable bonds is 4. The summed E-state index contributed by atoms with van der Waals surface area (Å²) in [6.45, 7) is 1.86. The van der Waals surface area contributed by atoms with E-state index in [2.05, 4.69) is 16.0 Å². The van der Waals surface area contributed by atoms with Crippen LogP contribution in [0.15, 0.2) is 24.3 Å². The van der Waals surface area contributed by atoms with Crippen molar-refractivity contribution in [3.8, 4) is 0 Å². The lowest BCUT2D eigenvalue weighted by Crippen LogP contribution is -2.45. The fourth-order valence-corrected chi connectivity index (χ4v) is 2.12. The summed E-state index contributed by atoms with van der Waals surface area (Å²) < 4.78 is 0. The maximum Gasteiger partial charge on any atom is 0.330 e. The van der Waals surface area contributed by atoms with Crippen LogP contribution in [0.5, 0.6) is 0 Å². The average Bonchev–Trinajstić information content (AvgIpc) is 2.91. The highest BCUT2D eigenvalue weighted by atomic mass is 16.4. The van der Waals surface area contributed by atoms with E-state index in [1.807, 2.05) is 0 Å². The molecule has 23 heavy (non-hydrogen) atoms. The lowest BCUT2D eigenvalue weighted by Gasteiger charge is -2.19. The third-order valence-corrected chi connectivity index (χ3v) is 3.18. The average molecular weight is 320 g/mol. The van der Waals surface area contributed by atoms with Crippen molar-refractivity contribution in [3.05, 3.63) is 29.8 Å². The summed E-state index contributed by atoms with van der Waals surface area (Å²) >= 11 is 0. The van der Waals surface area contributed by atoms with Gasteiger partial charge in [0.05, 0.1) is 0 Å². The number of anilines is 1. The van der Waals surface area contributed by atoms with E-state index in [1.165, 1.54) is 31.2 Å². The molecule has 1 fully saturated rings. The molecule has 0 aromatic heterocycles. The molecular weight excluding hydrogens is 304 g/mol. The molecule has 9 heteroatoms. The minimum absolute atomic E-state index is 0.179. The van der Waals surface area contributed by atoms with Crippen LogP contribution in [0.2, 0.25) is 0 Å². The van der Waals surface area contributed by atoms with Gasteiger partial charge in [0.15, 0.2) is 6.04 Å². The first-order chi connectivity index (χ1) is 10.9. The van der Waals surface area contributed by atoms with E-state index in [9.17, 15) is 24.3 Å². The van der Waals surface area contributed by atoms with E-state index in [-0.39, 0.29) is 12.5 Å². The summed E-state index contributed by atoms with van der Waals surface area (Å²) in [6.07, 6.45) is 0. The number of hydrogen-bond acceptors (Lipinski definition) is 4. The van der Waals surface area contributed by atoms with Crippen LogP contribution in [-0.2, 0) is 9.59 Å². The molecule has 1 aliphatic heterocycles. The van der Waals surface area contributed by atoms with Gasteiger partial charge in [-0.15, -0.1) is 0 Å². The number of urea groups is 2. The molecule has 1 heterocycles. The molecule has 0 radical (unpaired) electrons. The van der Waals surface area contributed by atoms with Crippen molar-refractivity contribution in [2.45, 2.75) is 13.0 Å². The fourth-order valence-electron chi connectivity index (χ4n) is 2.12. The number of carbonyl (C=O) groups is 4. The molecule has 1 aromatic rings. The highest BCUT2D eigenvalue weighted by Gasteiger charge is 2.30. The van der Waals surface area contributed by atoms with Crippen LogP contribution >= 0.6 is 0 Å². The molecule has 1 aromatic carbocycles. The minimum Gasteiger partial charge on any atom is -0.479 e. The second-order valence-electron chi connectivity index (χ2n) is 4.91. The third-order valence-electron chi connectivity index (χ3n) is 3.18. The summed E-state index contributed by atoms with van der Waals surface area (Å²) in [5, 5.41) is 16.6. The summed E-state index contributed by atoms with van der Waals surface area (Å²) in [5.74, 6) is -1.51. The Labute approximate surface area is 131 Å². The molecule has 4 N–H and O–H groups in total. The van der Waals surface area contributed by atoms with Gasteiger partial charge in [0.1, 0.15) is 0 Å². The van der Waals surface area contributed by atoms with Gasteiger partial charge in [0, 0.05) is 25.7 Å². The number of nitrogens with one attached hydrogen (secondary N) is 3. The lowest BCUT2D eigenvalue weighted by molar-refractivity contribution is -0.139. The number of carboxylic acid groups (broad SMARTS) is 1. The minimum atomic E-state index is -1.30. The zero-order valence-electron chi connectivity index (χ0n) is 12.3. The Bertz CT molecular complexity index is 643. The summed E-state index contributed by atoms with van der Waals surface area (Å²) in [5.41, 5.74) is 0.829. The van der Waals surface area contributed by atoms with Crippen LogP contribution in [0.1, 0.15) is 18.5 Å². The van der Waals surface area contributed by atoms with Crippen molar-refractivity contribution >= 4 is 29.6 Å². The van der Waals surface area contributed by atoms with Gasteiger partial charge in [-0.2, -0.15) is 0 Å². The predicted molar refractivity (Wildman–Crippen MR) is 79.8 cm³/mol. The summed E-state index contributed by atoms with van der Waals surface area (Å²) in [4.78, 5) is 46.7. The standard InChI is InChI=1S/C14H16N4O5/c1-8(19)16-10-4-2-9(3-5-10)11(12(20)21)17-14(23)18-7-6-15-13(18)22/h2-5,11H,6-7H2,1H3,(H,15,22)(H,16,19)(H,17,23)(H,20,21). The number of amides is 5. The molecular formula is C14H16N4O5. The van der Waals surface area contributed by atoms with Gasteiger partial charge >= 0.3 is 18.0 Å². The predicted octanol–water partition coefficient (Wildman–Crippen LogP) is 0.505. The number of carbonyl (C=O) groups excluding carboxylic acids is 3. The second-order valence-corrected chi connectivity index (χ2v) is 4.91. The topological polar surface area (TPSA) is 128 Å². The van der Waals surface area contributed by atoms with Crippen molar-refractivity contribution in [3.63, 3.8) is 0 Å². The first kappa shape index (κ1) is 16.3. The largest absolute Gasteiger partial charge is 0.479 e. The van der Waals surface area contributed by atoms with Gasteiger partial charge in [-0.1, -0.05) is 12.1 Å².